The van der Waals surface area contributed by atoms with Crippen LogP contribution in [0.15, 0.2) is 0 Å². The fraction of sp³-hybridized carbons (Fsp3) is 0.615. The molecule has 9 heteroatoms. The Hall–Kier alpha value is -1.64. The lowest BCUT2D eigenvalue weighted by atomic mass is 10.2. The van der Waals surface area contributed by atoms with Gasteiger partial charge in [-0.25, -0.2) is 0 Å². The Bertz CT molecular complexity index is 695. The summed E-state index contributed by atoms with van der Waals surface area (Å²) in [7, 11) is 1.88. The van der Waals surface area contributed by atoms with Crippen molar-refractivity contribution in [3.05, 3.63) is 5.28 Å². The lowest BCUT2D eigenvalue weighted by molar-refractivity contribution is 0.122. The molecule has 22 heavy (non-hydrogen) atoms. The van der Waals surface area contributed by atoms with Crippen LogP contribution in [0.1, 0.15) is 0 Å². The maximum absolute atomic E-state index is 6.10. The number of rotatable bonds is 3. The lowest BCUT2D eigenvalue weighted by Crippen LogP contribution is -2.50. The summed E-state index contributed by atoms with van der Waals surface area (Å²) in [6, 6.07) is 0.549. The molecule has 0 aromatic carbocycles. The SMILES string of the molecule is Cn1c(OC2CNC2)nc2c(N3CCOCC3)nc(Cl)nc21. The average Bonchev–Trinajstić information content (AvgIpc) is 2.80. The summed E-state index contributed by atoms with van der Waals surface area (Å²) in [6.45, 7) is 4.56. The van der Waals surface area contributed by atoms with Gasteiger partial charge in [-0.1, -0.05) is 0 Å². The molecule has 2 aromatic heterocycles. The predicted octanol–water partition coefficient (Wildman–Crippen LogP) is 0.204. The van der Waals surface area contributed by atoms with Crippen molar-refractivity contribution < 1.29 is 9.47 Å². The summed E-state index contributed by atoms with van der Waals surface area (Å²) in [5.74, 6) is 0.746. The van der Waals surface area contributed by atoms with Crippen molar-refractivity contribution in [2.45, 2.75) is 6.10 Å². The van der Waals surface area contributed by atoms with Crippen molar-refractivity contribution in [3.63, 3.8) is 0 Å². The standard InChI is InChI=1S/C13H17ClN6O2/c1-19-10-9(16-13(19)22-8-6-15-7-8)11(18-12(14)17-10)20-2-4-21-5-3-20/h8,15H,2-7H2,1H3. The van der Waals surface area contributed by atoms with Crippen LogP contribution in [0.5, 0.6) is 6.01 Å². The maximum atomic E-state index is 6.10. The van der Waals surface area contributed by atoms with E-state index in [1.807, 2.05) is 11.6 Å². The molecule has 0 spiro atoms. The Morgan fingerprint density at radius 3 is 2.68 bits per heavy atom. The maximum Gasteiger partial charge on any atom is 0.298 e. The number of nitrogens with zero attached hydrogens (tertiary/aromatic N) is 5. The Balaban J connectivity index is 1.76. The molecule has 4 heterocycles. The molecule has 2 aliphatic heterocycles. The molecule has 4 rings (SSSR count). The van der Waals surface area contributed by atoms with E-state index >= 15 is 0 Å². The number of fused-ring (bicyclic) bond motifs is 1. The van der Waals surface area contributed by atoms with E-state index in [1.54, 1.807) is 0 Å². The first-order chi connectivity index (χ1) is 10.7. The second-order valence-electron chi connectivity index (χ2n) is 5.44. The number of hydrogen-bond acceptors (Lipinski definition) is 7. The molecule has 0 unspecified atom stereocenters. The number of ether oxygens (including phenoxy) is 2. The van der Waals surface area contributed by atoms with Crippen LogP contribution in [0.25, 0.3) is 11.2 Å². The molecule has 0 amide bonds. The minimum atomic E-state index is 0.158. The van der Waals surface area contributed by atoms with Gasteiger partial charge in [-0.2, -0.15) is 15.0 Å². The fourth-order valence-electron chi connectivity index (χ4n) is 2.60. The summed E-state index contributed by atoms with van der Waals surface area (Å²) < 4.78 is 13.1. The number of aromatic nitrogens is 4. The smallest absolute Gasteiger partial charge is 0.298 e. The molecule has 0 atom stereocenters. The molecule has 8 nitrogen and oxygen atoms in total. The molecule has 118 valence electrons. The van der Waals surface area contributed by atoms with Gasteiger partial charge >= 0.3 is 0 Å². The molecule has 0 saturated carbocycles. The van der Waals surface area contributed by atoms with Gasteiger partial charge in [0.25, 0.3) is 6.01 Å². The van der Waals surface area contributed by atoms with Gasteiger partial charge in [0.15, 0.2) is 17.0 Å². The molecule has 0 aliphatic carbocycles. The zero-order chi connectivity index (χ0) is 15.1. The predicted molar refractivity (Wildman–Crippen MR) is 81.6 cm³/mol. The van der Waals surface area contributed by atoms with Crippen LogP contribution in [0.3, 0.4) is 0 Å². The summed E-state index contributed by atoms with van der Waals surface area (Å²) >= 11 is 6.10. The van der Waals surface area contributed by atoms with E-state index in [4.69, 9.17) is 21.1 Å². The Morgan fingerprint density at radius 1 is 1.23 bits per heavy atom. The van der Waals surface area contributed by atoms with Crippen LogP contribution in [-0.2, 0) is 11.8 Å². The Kier molecular flexibility index (Phi) is 3.51. The highest BCUT2D eigenvalue weighted by atomic mass is 35.5. The van der Waals surface area contributed by atoms with Gasteiger partial charge in [0.05, 0.1) is 13.2 Å². The molecule has 1 N–H and O–H groups in total. The van der Waals surface area contributed by atoms with Gasteiger partial charge < -0.3 is 19.7 Å². The fourth-order valence-corrected chi connectivity index (χ4v) is 2.76. The highest BCUT2D eigenvalue weighted by molar-refractivity contribution is 6.28. The third-order valence-corrected chi connectivity index (χ3v) is 4.13. The zero-order valence-electron chi connectivity index (χ0n) is 12.3. The Morgan fingerprint density at radius 2 is 2.00 bits per heavy atom. The minimum Gasteiger partial charge on any atom is -0.459 e. The molecule has 0 radical (unpaired) electrons. The number of aryl methyl sites for hydroxylation is 1. The quantitative estimate of drug-likeness (QED) is 0.808. The number of halogens is 1. The van der Waals surface area contributed by atoms with Crippen LogP contribution in [-0.4, -0.2) is 65.0 Å². The zero-order valence-corrected chi connectivity index (χ0v) is 13.0. The lowest BCUT2D eigenvalue weighted by Gasteiger charge is -2.27. The number of imidazole rings is 1. The molecule has 2 fully saturated rings. The van der Waals surface area contributed by atoms with E-state index in [0.717, 1.165) is 37.5 Å². The topological polar surface area (TPSA) is 77.3 Å². The third-order valence-electron chi connectivity index (χ3n) is 3.96. The number of nitrogens with one attached hydrogen (secondary N) is 1. The second kappa shape index (κ2) is 5.53. The number of anilines is 1. The van der Waals surface area contributed by atoms with Crippen molar-refractivity contribution >= 4 is 28.6 Å². The van der Waals surface area contributed by atoms with Crippen LogP contribution >= 0.6 is 11.6 Å². The first kappa shape index (κ1) is 14.0. The first-order valence-electron chi connectivity index (χ1n) is 7.32. The highest BCUT2D eigenvalue weighted by Gasteiger charge is 2.25. The molecule has 2 aromatic rings. The van der Waals surface area contributed by atoms with Gasteiger partial charge in [-0.3, -0.25) is 4.57 Å². The molecular formula is C13H17ClN6O2. The minimum absolute atomic E-state index is 0.158. The Labute approximate surface area is 132 Å². The summed E-state index contributed by atoms with van der Waals surface area (Å²) in [6.07, 6.45) is 0.158. The number of hydrogen-bond donors (Lipinski definition) is 1. The summed E-state index contributed by atoms with van der Waals surface area (Å²) in [5, 5.41) is 3.39. The molecular weight excluding hydrogens is 308 g/mol. The van der Waals surface area contributed by atoms with E-state index in [0.29, 0.717) is 24.9 Å². The van der Waals surface area contributed by atoms with Crippen molar-refractivity contribution in [2.75, 3.05) is 44.3 Å². The summed E-state index contributed by atoms with van der Waals surface area (Å²) in [4.78, 5) is 15.4. The van der Waals surface area contributed by atoms with E-state index in [-0.39, 0.29) is 11.4 Å². The molecule has 2 aliphatic rings. The second-order valence-corrected chi connectivity index (χ2v) is 5.78. The van der Waals surface area contributed by atoms with E-state index in [1.165, 1.54) is 0 Å². The monoisotopic (exact) mass is 324 g/mol. The third kappa shape index (κ3) is 2.37. The van der Waals surface area contributed by atoms with E-state index < -0.39 is 0 Å². The van der Waals surface area contributed by atoms with Crippen LogP contribution in [0, 0.1) is 0 Å². The van der Waals surface area contributed by atoms with Crippen LogP contribution in [0.2, 0.25) is 5.28 Å². The first-order valence-corrected chi connectivity index (χ1v) is 7.70. The van der Waals surface area contributed by atoms with Gasteiger partial charge in [0, 0.05) is 33.2 Å². The van der Waals surface area contributed by atoms with Crippen LogP contribution in [0.4, 0.5) is 5.82 Å². The van der Waals surface area contributed by atoms with Crippen molar-refractivity contribution in [3.8, 4) is 6.01 Å². The number of morpholine rings is 1. The molecule has 2 saturated heterocycles. The van der Waals surface area contributed by atoms with E-state index in [9.17, 15) is 0 Å². The van der Waals surface area contributed by atoms with Crippen molar-refractivity contribution in [2.24, 2.45) is 7.05 Å². The molecule has 0 bridgehead atoms. The van der Waals surface area contributed by atoms with E-state index in [2.05, 4.69) is 25.2 Å². The summed E-state index contributed by atoms with van der Waals surface area (Å²) in [5.41, 5.74) is 1.40. The van der Waals surface area contributed by atoms with Gasteiger partial charge in [-0.15, -0.1) is 0 Å². The van der Waals surface area contributed by atoms with Gasteiger partial charge in [-0.05, 0) is 11.6 Å². The van der Waals surface area contributed by atoms with Crippen molar-refractivity contribution in [1.29, 1.82) is 0 Å². The van der Waals surface area contributed by atoms with Crippen molar-refractivity contribution in [1.82, 2.24) is 24.8 Å². The average molecular weight is 325 g/mol. The van der Waals surface area contributed by atoms with Gasteiger partial charge in [0.1, 0.15) is 6.10 Å². The largest absolute Gasteiger partial charge is 0.459 e. The van der Waals surface area contributed by atoms with Gasteiger partial charge in [0.2, 0.25) is 5.28 Å². The highest BCUT2D eigenvalue weighted by Crippen LogP contribution is 2.28. The van der Waals surface area contributed by atoms with Crippen LogP contribution < -0.4 is 15.0 Å². The normalized spacial score (nSPS) is 19.5.